The maximum Gasteiger partial charge on any atom is 0.231 e. The molecule has 2 heterocycles. The fourth-order valence-electron chi connectivity index (χ4n) is 1.94. The van der Waals surface area contributed by atoms with E-state index in [0.717, 1.165) is 23.3 Å². The van der Waals surface area contributed by atoms with E-state index in [9.17, 15) is 4.79 Å². The number of fused-ring (bicyclic) bond motifs is 1. The van der Waals surface area contributed by atoms with Crippen molar-refractivity contribution in [1.82, 2.24) is 9.78 Å². The second-order valence-electron chi connectivity index (χ2n) is 3.76. The average Bonchev–Trinajstić information content (AvgIpc) is 2.93. The first-order chi connectivity index (χ1) is 8.29. The van der Waals surface area contributed by atoms with E-state index in [1.54, 1.807) is 17.9 Å². The maximum absolute atomic E-state index is 10.9. The minimum Gasteiger partial charge on any atom is -0.454 e. The summed E-state index contributed by atoms with van der Waals surface area (Å²) in [6.07, 6.45) is 2.35. The van der Waals surface area contributed by atoms with Gasteiger partial charge in [0.2, 0.25) is 6.79 Å². The molecule has 0 amide bonds. The summed E-state index contributed by atoms with van der Waals surface area (Å²) < 4.78 is 12.2. The van der Waals surface area contributed by atoms with Crippen LogP contribution in [0, 0.1) is 0 Å². The summed E-state index contributed by atoms with van der Waals surface area (Å²) in [7, 11) is 1.80. The number of carbonyl (C=O) groups excluding carboxylic acids is 1. The van der Waals surface area contributed by atoms with Crippen LogP contribution in [0.3, 0.4) is 0 Å². The standard InChI is InChI=1S/C12H10N2O3/c1-14-12(9(6-15)5-13-14)8-2-3-10-11(4-8)17-7-16-10/h2-6H,7H2,1H3. The highest BCUT2D eigenvalue weighted by molar-refractivity contribution is 5.86. The molecule has 0 aliphatic carbocycles. The van der Waals surface area contributed by atoms with Gasteiger partial charge in [0.15, 0.2) is 17.8 Å². The number of ether oxygens (including phenoxy) is 2. The molecule has 0 fully saturated rings. The van der Waals surface area contributed by atoms with E-state index in [0.29, 0.717) is 11.3 Å². The Hall–Kier alpha value is -2.30. The van der Waals surface area contributed by atoms with Gasteiger partial charge < -0.3 is 9.47 Å². The van der Waals surface area contributed by atoms with Gasteiger partial charge in [0.25, 0.3) is 0 Å². The Bertz CT molecular complexity index is 589. The average molecular weight is 230 g/mol. The predicted molar refractivity (Wildman–Crippen MR) is 60.2 cm³/mol. The van der Waals surface area contributed by atoms with Crippen LogP contribution in [0.2, 0.25) is 0 Å². The van der Waals surface area contributed by atoms with Crippen molar-refractivity contribution >= 4 is 6.29 Å². The van der Waals surface area contributed by atoms with E-state index in [4.69, 9.17) is 9.47 Å². The van der Waals surface area contributed by atoms with Crippen molar-refractivity contribution < 1.29 is 14.3 Å². The lowest BCUT2D eigenvalue weighted by atomic mass is 10.1. The summed E-state index contributed by atoms with van der Waals surface area (Å²) in [5.74, 6) is 1.42. The molecule has 86 valence electrons. The first-order valence-electron chi connectivity index (χ1n) is 5.17. The molecule has 17 heavy (non-hydrogen) atoms. The fourth-order valence-corrected chi connectivity index (χ4v) is 1.94. The first-order valence-corrected chi connectivity index (χ1v) is 5.17. The van der Waals surface area contributed by atoms with Gasteiger partial charge in [-0.25, -0.2) is 0 Å². The Balaban J connectivity index is 2.15. The molecule has 1 aliphatic heterocycles. The van der Waals surface area contributed by atoms with Crippen molar-refractivity contribution in [2.24, 2.45) is 7.05 Å². The minimum absolute atomic E-state index is 0.241. The molecule has 0 radical (unpaired) electrons. The summed E-state index contributed by atoms with van der Waals surface area (Å²) in [6.45, 7) is 0.241. The second-order valence-corrected chi connectivity index (χ2v) is 3.76. The molecule has 1 aromatic heterocycles. The molecule has 5 heteroatoms. The van der Waals surface area contributed by atoms with Crippen LogP contribution in [-0.4, -0.2) is 22.9 Å². The van der Waals surface area contributed by atoms with E-state index in [1.807, 2.05) is 18.2 Å². The van der Waals surface area contributed by atoms with E-state index >= 15 is 0 Å². The monoisotopic (exact) mass is 230 g/mol. The van der Waals surface area contributed by atoms with Crippen LogP contribution < -0.4 is 9.47 Å². The largest absolute Gasteiger partial charge is 0.454 e. The highest BCUT2D eigenvalue weighted by atomic mass is 16.7. The molecule has 0 N–H and O–H groups in total. The summed E-state index contributed by atoms with van der Waals surface area (Å²) in [5, 5.41) is 4.07. The van der Waals surface area contributed by atoms with Gasteiger partial charge in [-0.15, -0.1) is 0 Å². The zero-order valence-corrected chi connectivity index (χ0v) is 9.21. The Kier molecular flexibility index (Phi) is 2.11. The molecular weight excluding hydrogens is 220 g/mol. The highest BCUT2D eigenvalue weighted by Crippen LogP contribution is 2.36. The number of aryl methyl sites for hydroxylation is 1. The molecule has 0 saturated heterocycles. The van der Waals surface area contributed by atoms with Crippen molar-refractivity contribution in [2.75, 3.05) is 6.79 Å². The van der Waals surface area contributed by atoms with Crippen LogP contribution in [0.5, 0.6) is 11.5 Å². The number of nitrogens with zero attached hydrogens (tertiary/aromatic N) is 2. The van der Waals surface area contributed by atoms with Crippen molar-refractivity contribution in [1.29, 1.82) is 0 Å². The smallest absolute Gasteiger partial charge is 0.231 e. The van der Waals surface area contributed by atoms with Gasteiger partial charge in [-0.05, 0) is 18.2 Å². The Morgan fingerprint density at radius 3 is 3.00 bits per heavy atom. The van der Waals surface area contributed by atoms with Crippen LogP contribution in [-0.2, 0) is 7.05 Å². The lowest BCUT2D eigenvalue weighted by Crippen LogP contribution is -1.95. The summed E-state index contributed by atoms with van der Waals surface area (Å²) in [6, 6.07) is 5.57. The van der Waals surface area contributed by atoms with Crippen molar-refractivity contribution in [3.8, 4) is 22.8 Å². The number of rotatable bonds is 2. The molecular formula is C12H10N2O3. The second kappa shape index (κ2) is 3.62. The summed E-state index contributed by atoms with van der Waals surface area (Å²) >= 11 is 0. The number of benzene rings is 1. The van der Waals surface area contributed by atoms with E-state index < -0.39 is 0 Å². The van der Waals surface area contributed by atoms with Crippen molar-refractivity contribution in [2.45, 2.75) is 0 Å². The molecule has 0 spiro atoms. The van der Waals surface area contributed by atoms with Crippen LogP contribution in [0.4, 0.5) is 0 Å². The SMILES string of the molecule is Cn1ncc(C=O)c1-c1ccc2c(c1)OCO2. The number of aldehydes is 1. The van der Waals surface area contributed by atoms with Crippen molar-refractivity contribution in [3.63, 3.8) is 0 Å². The Morgan fingerprint density at radius 2 is 2.18 bits per heavy atom. The van der Waals surface area contributed by atoms with Crippen LogP contribution in [0.15, 0.2) is 24.4 Å². The van der Waals surface area contributed by atoms with E-state index in [1.165, 1.54) is 0 Å². The molecule has 0 unspecified atom stereocenters. The van der Waals surface area contributed by atoms with E-state index in [2.05, 4.69) is 5.10 Å². The topological polar surface area (TPSA) is 53.4 Å². The molecule has 5 nitrogen and oxygen atoms in total. The van der Waals surface area contributed by atoms with Gasteiger partial charge in [0, 0.05) is 12.6 Å². The van der Waals surface area contributed by atoms with E-state index in [-0.39, 0.29) is 6.79 Å². The molecule has 2 aromatic rings. The van der Waals surface area contributed by atoms with Gasteiger partial charge in [-0.3, -0.25) is 9.48 Å². The minimum atomic E-state index is 0.241. The molecule has 0 atom stereocenters. The highest BCUT2D eigenvalue weighted by Gasteiger charge is 2.17. The number of carbonyl (C=O) groups is 1. The predicted octanol–water partition coefficient (Wildman–Crippen LogP) is 1.63. The quantitative estimate of drug-likeness (QED) is 0.736. The lowest BCUT2D eigenvalue weighted by Gasteiger charge is -2.04. The van der Waals surface area contributed by atoms with Crippen LogP contribution >= 0.6 is 0 Å². The van der Waals surface area contributed by atoms with Gasteiger partial charge in [-0.1, -0.05) is 0 Å². The zero-order chi connectivity index (χ0) is 11.8. The Labute approximate surface area is 97.6 Å². The zero-order valence-electron chi connectivity index (χ0n) is 9.21. The number of hydrogen-bond donors (Lipinski definition) is 0. The van der Waals surface area contributed by atoms with Crippen molar-refractivity contribution in [3.05, 3.63) is 30.0 Å². The molecule has 0 saturated carbocycles. The summed E-state index contributed by atoms with van der Waals surface area (Å²) in [5.41, 5.74) is 2.22. The molecule has 0 bridgehead atoms. The van der Waals surface area contributed by atoms with Gasteiger partial charge in [0.05, 0.1) is 17.5 Å². The number of aromatic nitrogens is 2. The normalized spacial score (nSPS) is 12.8. The third-order valence-corrected chi connectivity index (χ3v) is 2.74. The van der Waals surface area contributed by atoms with Gasteiger partial charge >= 0.3 is 0 Å². The van der Waals surface area contributed by atoms with Gasteiger partial charge in [-0.2, -0.15) is 5.10 Å². The lowest BCUT2D eigenvalue weighted by molar-refractivity contribution is 0.112. The third kappa shape index (κ3) is 1.47. The van der Waals surface area contributed by atoms with Crippen LogP contribution in [0.25, 0.3) is 11.3 Å². The third-order valence-electron chi connectivity index (χ3n) is 2.74. The molecule has 1 aliphatic rings. The number of hydrogen-bond acceptors (Lipinski definition) is 4. The first kappa shape index (κ1) is 9.89. The van der Waals surface area contributed by atoms with Crippen LogP contribution in [0.1, 0.15) is 10.4 Å². The maximum atomic E-state index is 10.9. The Morgan fingerprint density at radius 1 is 1.35 bits per heavy atom. The molecule has 3 rings (SSSR count). The van der Waals surface area contributed by atoms with Gasteiger partial charge in [0.1, 0.15) is 0 Å². The molecule has 1 aromatic carbocycles. The fraction of sp³-hybridized carbons (Fsp3) is 0.167. The summed E-state index contributed by atoms with van der Waals surface area (Å²) in [4.78, 5) is 10.9.